The first-order valence-electron chi connectivity index (χ1n) is 6.89. The van der Waals surface area contributed by atoms with Crippen LogP contribution in [0.5, 0.6) is 0 Å². The van der Waals surface area contributed by atoms with Crippen LogP contribution in [-0.4, -0.2) is 19.7 Å². The summed E-state index contributed by atoms with van der Waals surface area (Å²) in [5.74, 6) is -0.398. The standard InChI is InChI=1S/C18H17NO3/c1-13-5-3-6-14(11-13)17(22-10-9-19)15-7-4-8-16(12-15)18(20)21-2/h3-8,11-12,17H,10H2,1-2H3. The normalized spacial score (nSPS) is 11.5. The summed E-state index contributed by atoms with van der Waals surface area (Å²) in [4.78, 5) is 11.7. The van der Waals surface area contributed by atoms with Crippen LogP contribution < -0.4 is 0 Å². The predicted molar refractivity (Wildman–Crippen MR) is 82.4 cm³/mol. The van der Waals surface area contributed by atoms with E-state index in [1.165, 1.54) is 7.11 Å². The first kappa shape index (κ1) is 15.7. The molecule has 0 amide bonds. The summed E-state index contributed by atoms with van der Waals surface area (Å²) in [6.45, 7) is 1.97. The van der Waals surface area contributed by atoms with Gasteiger partial charge in [-0.3, -0.25) is 0 Å². The van der Waals surface area contributed by atoms with E-state index >= 15 is 0 Å². The Morgan fingerprint density at radius 2 is 1.86 bits per heavy atom. The Morgan fingerprint density at radius 3 is 2.50 bits per heavy atom. The van der Waals surface area contributed by atoms with Gasteiger partial charge < -0.3 is 9.47 Å². The average Bonchev–Trinajstić information content (AvgIpc) is 2.55. The van der Waals surface area contributed by atoms with Crippen LogP contribution in [0.15, 0.2) is 48.5 Å². The molecule has 0 saturated heterocycles. The number of hydrogen-bond donors (Lipinski definition) is 0. The monoisotopic (exact) mass is 295 g/mol. The fraction of sp³-hybridized carbons (Fsp3) is 0.222. The van der Waals surface area contributed by atoms with Crippen molar-refractivity contribution in [2.75, 3.05) is 13.7 Å². The number of esters is 1. The Balaban J connectivity index is 2.41. The lowest BCUT2D eigenvalue weighted by molar-refractivity contribution is 0.0600. The maximum absolute atomic E-state index is 11.7. The van der Waals surface area contributed by atoms with Crippen molar-refractivity contribution < 1.29 is 14.3 Å². The molecule has 0 N–H and O–H groups in total. The third-order valence-electron chi connectivity index (χ3n) is 3.27. The van der Waals surface area contributed by atoms with Gasteiger partial charge in [0.25, 0.3) is 0 Å². The van der Waals surface area contributed by atoms with E-state index in [0.717, 1.165) is 16.7 Å². The second-order valence-electron chi connectivity index (χ2n) is 4.88. The Kier molecular flexibility index (Phi) is 5.29. The van der Waals surface area contributed by atoms with Gasteiger partial charge in [0.1, 0.15) is 12.7 Å². The maximum atomic E-state index is 11.7. The summed E-state index contributed by atoms with van der Waals surface area (Å²) < 4.78 is 10.4. The Bertz CT molecular complexity index is 703. The number of aryl methyl sites for hydroxylation is 1. The summed E-state index contributed by atoms with van der Waals surface area (Å²) in [6, 6.07) is 16.9. The molecule has 0 heterocycles. The number of rotatable bonds is 5. The quantitative estimate of drug-likeness (QED) is 0.793. The van der Waals surface area contributed by atoms with Crippen LogP contribution in [0.25, 0.3) is 0 Å². The summed E-state index contributed by atoms with van der Waals surface area (Å²) in [7, 11) is 1.35. The molecule has 0 aliphatic rings. The summed E-state index contributed by atoms with van der Waals surface area (Å²) in [5, 5.41) is 8.80. The third-order valence-corrected chi connectivity index (χ3v) is 3.27. The third kappa shape index (κ3) is 3.72. The smallest absolute Gasteiger partial charge is 0.337 e. The van der Waals surface area contributed by atoms with Crippen LogP contribution >= 0.6 is 0 Å². The van der Waals surface area contributed by atoms with E-state index in [1.807, 2.05) is 43.3 Å². The number of ether oxygens (including phenoxy) is 2. The van der Waals surface area contributed by atoms with E-state index in [1.54, 1.807) is 18.2 Å². The summed E-state index contributed by atoms with van der Waals surface area (Å²) in [5.41, 5.74) is 3.31. The zero-order valence-electron chi connectivity index (χ0n) is 12.6. The SMILES string of the molecule is COC(=O)c1cccc(C(OCC#N)c2cccc(C)c2)c1. The van der Waals surface area contributed by atoms with E-state index in [-0.39, 0.29) is 6.61 Å². The number of hydrogen-bond acceptors (Lipinski definition) is 4. The highest BCUT2D eigenvalue weighted by atomic mass is 16.5. The van der Waals surface area contributed by atoms with Crippen LogP contribution in [0.4, 0.5) is 0 Å². The minimum Gasteiger partial charge on any atom is -0.465 e. The van der Waals surface area contributed by atoms with Crippen molar-refractivity contribution in [2.45, 2.75) is 13.0 Å². The van der Waals surface area contributed by atoms with Crippen LogP contribution in [0.1, 0.15) is 33.2 Å². The molecule has 22 heavy (non-hydrogen) atoms. The number of nitriles is 1. The molecule has 1 atom stereocenters. The van der Waals surface area contributed by atoms with E-state index < -0.39 is 12.1 Å². The van der Waals surface area contributed by atoms with Crippen LogP contribution in [0.2, 0.25) is 0 Å². The van der Waals surface area contributed by atoms with Crippen molar-refractivity contribution in [3.05, 3.63) is 70.8 Å². The molecule has 0 bridgehead atoms. The zero-order chi connectivity index (χ0) is 15.9. The van der Waals surface area contributed by atoms with E-state index in [0.29, 0.717) is 5.56 Å². The molecule has 1 unspecified atom stereocenters. The second-order valence-corrected chi connectivity index (χ2v) is 4.88. The molecule has 0 radical (unpaired) electrons. The maximum Gasteiger partial charge on any atom is 0.337 e. The highest BCUT2D eigenvalue weighted by Gasteiger charge is 2.17. The van der Waals surface area contributed by atoms with Gasteiger partial charge in [-0.15, -0.1) is 0 Å². The lowest BCUT2D eigenvalue weighted by Crippen LogP contribution is -2.09. The molecular formula is C18H17NO3. The first-order chi connectivity index (χ1) is 10.7. The second kappa shape index (κ2) is 7.39. The fourth-order valence-electron chi connectivity index (χ4n) is 2.29. The summed E-state index contributed by atoms with van der Waals surface area (Å²) in [6.07, 6.45) is -0.399. The van der Waals surface area contributed by atoms with Gasteiger partial charge in [-0.2, -0.15) is 5.26 Å². The molecule has 4 heteroatoms. The van der Waals surface area contributed by atoms with Crippen molar-refractivity contribution in [1.82, 2.24) is 0 Å². The van der Waals surface area contributed by atoms with Crippen molar-refractivity contribution in [3.8, 4) is 6.07 Å². The lowest BCUT2D eigenvalue weighted by atomic mass is 9.98. The molecular weight excluding hydrogens is 278 g/mol. The number of benzene rings is 2. The molecule has 0 aliphatic heterocycles. The van der Waals surface area contributed by atoms with Gasteiger partial charge in [-0.05, 0) is 30.2 Å². The zero-order valence-corrected chi connectivity index (χ0v) is 12.6. The lowest BCUT2D eigenvalue weighted by Gasteiger charge is -2.18. The van der Waals surface area contributed by atoms with Crippen molar-refractivity contribution in [3.63, 3.8) is 0 Å². The molecule has 0 aliphatic carbocycles. The number of nitrogens with zero attached hydrogens (tertiary/aromatic N) is 1. The number of carbonyl (C=O) groups is 1. The molecule has 0 spiro atoms. The van der Waals surface area contributed by atoms with Crippen molar-refractivity contribution in [2.24, 2.45) is 0 Å². The van der Waals surface area contributed by atoms with Gasteiger partial charge in [0, 0.05) is 0 Å². The van der Waals surface area contributed by atoms with Gasteiger partial charge in [-0.25, -0.2) is 4.79 Å². The van der Waals surface area contributed by atoms with E-state index in [2.05, 4.69) is 0 Å². The Morgan fingerprint density at radius 1 is 1.18 bits per heavy atom. The minimum atomic E-state index is -0.399. The van der Waals surface area contributed by atoms with Gasteiger partial charge in [-0.1, -0.05) is 42.0 Å². The van der Waals surface area contributed by atoms with Crippen molar-refractivity contribution >= 4 is 5.97 Å². The molecule has 4 nitrogen and oxygen atoms in total. The highest BCUT2D eigenvalue weighted by molar-refractivity contribution is 5.89. The fourth-order valence-corrected chi connectivity index (χ4v) is 2.29. The predicted octanol–water partition coefficient (Wildman–Crippen LogP) is 3.41. The largest absolute Gasteiger partial charge is 0.465 e. The van der Waals surface area contributed by atoms with Gasteiger partial charge in [0.15, 0.2) is 0 Å². The molecule has 112 valence electrons. The number of methoxy groups -OCH3 is 1. The first-order valence-corrected chi connectivity index (χ1v) is 6.89. The van der Waals surface area contributed by atoms with Gasteiger partial charge >= 0.3 is 5.97 Å². The average molecular weight is 295 g/mol. The van der Waals surface area contributed by atoms with Crippen molar-refractivity contribution in [1.29, 1.82) is 5.26 Å². The highest BCUT2D eigenvalue weighted by Crippen LogP contribution is 2.27. The molecule has 2 rings (SSSR count). The molecule has 0 saturated carbocycles. The molecule has 2 aromatic carbocycles. The minimum absolute atomic E-state index is 0.0267. The van der Waals surface area contributed by atoms with Gasteiger partial charge in [0.05, 0.1) is 18.7 Å². The van der Waals surface area contributed by atoms with E-state index in [9.17, 15) is 4.79 Å². The number of carbonyl (C=O) groups excluding carboxylic acids is 1. The van der Waals surface area contributed by atoms with Crippen LogP contribution in [0.3, 0.4) is 0 Å². The summed E-state index contributed by atoms with van der Waals surface area (Å²) >= 11 is 0. The molecule has 0 fully saturated rings. The van der Waals surface area contributed by atoms with E-state index in [4.69, 9.17) is 14.7 Å². The van der Waals surface area contributed by atoms with Crippen LogP contribution in [0, 0.1) is 18.3 Å². The Hall–Kier alpha value is -2.64. The van der Waals surface area contributed by atoms with Crippen LogP contribution in [-0.2, 0) is 9.47 Å². The molecule has 0 aromatic heterocycles. The molecule has 2 aromatic rings. The topological polar surface area (TPSA) is 59.3 Å². The Labute approximate surface area is 129 Å². The van der Waals surface area contributed by atoms with Gasteiger partial charge in [0.2, 0.25) is 0 Å².